The number of Topliss-reactive ketones (excluding diaryl/α,β-unsaturated/α-hetero) is 1. The number of rotatable bonds is 3. The minimum Gasteiger partial charge on any atom is -0.375 e. The van der Waals surface area contributed by atoms with Crippen LogP contribution >= 0.6 is 15.9 Å². The van der Waals surface area contributed by atoms with Crippen LogP contribution in [0.25, 0.3) is 0 Å². The summed E-state index contributed by atoms with van der Waals surface area (Å²) in [5.41, 5.74) is -0.226. The highest BCUT2D eigenvalue weighted by Crippen LogP contribution is 2.41. The zero-order valence-electron chi connectivity index (χ0n) is 11.9. The number of amides is 1. The highest BCUT2D eigenvalue weighted by Gasteiger charge is 2.49. The highest BCUT2D eigenvalue weighted by molar-refractivity contribution is 9.10. The van der Waals surface area contributed by atoms with Gasteiger partial charge in [-0.15, -0.1) is 0 Å². The van der Waals surface area contributed by atoms with E-state index in [0.29, 0.717) is 16.8 Å². The second-order valence-electron chi connectivity index (χ2n) is 5.35. The van der Waals surface area contributed by atoms with Gasteiger partial charge in [-0.3, -0.25) is 9.59 Å². The molecule has 22 heavy (non-hydrogen) atoms. The van der Waals surface area contributed by atoms with Gasteiger partial charge in [0, 0.05) is 22.6 Å². The molecule has 1 aliphatic rings. The van der Waals surface area contributed by atoms with Gasteiger partial charge in [-0.1, -0.05) is 46.3 Å². The van der Waals surface area contributed by atoms with E-state index in [2.05, 4.69) is 15.9 Å². The molecule has 1 amide bonds. The molecule has 1 aliphatic heterocycles. The monoisotopic (exact) mass is 359 g/mol. The van der Waals surface area contributed by atoms with E-state index < -0.39 is 11.5 Å². The third-order valence-corrected chi connectivity index (χ3v) is 4.43. The fourth-order valence-corrected chi connectivity index (χ4v) is 3.18. The predicted octanol–water partition coefficient (Wildman–Crippen LogP) is 2.89. The summed E-state index contributed by atoms with van der Waals surface area (Å²) in [4.78, 5) is 26.3. The fraction of sp³-hybridized carbons (Fsp3) is 0.176. The maximum atomic E-state index is 12.5. The number of hydrogen-bond donors (Lipinski definition) is 1. The van der Waals surface area contributed by atoms with Gasteiger partial charge >= 0.3 is 0 Å². The number of carbonyl (C=O) groups excluding carboxylic acids is 2. The molecule has 0 saturated carbocycles. The van der Waals surface area contributed by atoms with Crippen molar-refractivity contribution in [3.8, 4) is 0 Å². The van der Waals surface area contributed by atoms with Crippen molar-refractivity contribution in [1.82, 2.24) is 0 Å². The van der Waals surface area contributed by atoms with E-state index in [1.807, 2.05) is 6.07 Å². The number of anilines is 1. The minimum absolute atomic E-state index is 0.274. The summed E-state index contributed by atoms with van der Waals surface area (Å²) in [6.07, 6.45) is -0.274. The third kappa shape index (κ3) is 2.26. The molecule has 2 aromatic rings. The molecular formula is C17H14BrNO3. The Morgan fingerprint density at radius 1 is 1.23 bits per heavy atom. The van der Waals surface area contributed by atoms with Gasteiger partial charge in [-0.2, -0.15) is 0 Å². The largest absolute Gasteiger partial charge is 0.375 e. The Bertz CT molecular complexity index is 774. The summed E-state index contributed by atoms with van der Waals surface area (Å²) in [6, 6.07) is 13.9. The number of benzene rings is 2. The van der Waals surface area contributed by atoms with Crippen molar-refractivity contribution in [2.24, 2.45) is 0 Å². The van der Waals surface area contributed by atoms with Crippen molar-refractivity contribution in [3.05, 3.63) is 64.1 Å². The lowest BCUT2D eigenvalue weighted by Crippen LogP contribution is -2.40. The zero-order valence-corrected chi connectivity index (χ0v) is 13.5. The number of likely N-dealkylation sites (N-methyl/N-ethyl adjacent to an activating group) is 1. The molecule has 0 spiro atoms. The van der Waals surface area contributed by atoms with Gasteiger partial charge in [-0.25, -0.2) is 0 Å². The molecule has 5 heteroatoms. The number of halogens is 1. The van der Waals surface area contributed by atoms with Gasteiger partial charge < -0.3 is 10.0 Å². The van der Waals surface area contributed by atoms with Gasteiger partial charge in [-0.05, 0) is 18.2 Å². The lowest BCUT2D eigenvalue weighted by atomic mass is 9.88. The first kappa shape index (κ1) is 14.9. The maximum Gasteiger partial charge on any atom is 0.263 e. The average Bonchev–Trinajstić information content (AvgIpc) is 2.70. The molecular weight excluding hydrogens is 346 g/mol. The van der Waals surface area contributed by atoms with Crippen LogP contribution in [0.1, 0.15) is 22.3 Å². The van der Waals surface area contributed by atoms with Crippen molar-refractivity contribution < 1.29 is 14.7 Å². The van der Waals surface area contributed by atoms with Gasteiger partial charge in [0.05, 0.1) is 12.1 Å². The van der Waals surface area contributed by atoms with E-state index in [0.717, 1.165) is 4.47 Å². The second kappa shape index (κ2) is 5.34. The van der Waals surface area contributed by atoms with Crippen LogP contribution in [-0.4, -0.2) is 23.8 Å². The molecule has 0 aromatic heterocycles. The smallest absolute Gasteiger partial charge is 0.263 e. The maximum absolute atomic E-state index is 12.5. The summed E-state index contributed by atoms with van der Waals surface area (Å²) in [5.74, 6) is -0.751. The number of carbonyl (C=O) groups is 2. The van der Waals surface area contributed by atoms with E-state index in [9.17, 15) is 14.7 Å². The quantitative estimate of drug-likeness (QED) is 0.857. The Morgan fingerprint density at radius 2 is 1.95 bits per heavy atom. The number of ketones is 1. The topological polar surface area (TPSA) is 57.6 Å². The molecule has 2 aromatic carbocycles. The molecule has 0 bridgehead atoms. The highest BCUT2D eigenvalue weighted by atomic mass is 79.9. The second-order valence-corrected chi connectivity index (χ2v) is 6.27. The Kier molecular flexibility index (Phi) is 3.62. The van der Waals surface area contributed by atoms with Crippen LogP contribution in [0.2, 0.25) is 0 Å². The van der Waals surface area contributed by atoms with E-state index >= 15 is 0 Å². The summed E-state index contributed by atoms with van der Waals surface area (Å²) in [6.45, 7) is 0. The van der Waals surface area contributed by atoms with Crippen molar-refractivity contribution in [2.75, 3.05) is 11.9 Å². The van der Waals surface area contributed by atoms with Crippen molar-refractivity contribution in [2.45, 2.75) is 12.0 Å². The number of hydrogen-bond acceptors (Lipinski definition) is 3. The first-order valence-corrected chi connectivity index (χ1v) is 7.61. The van der Waals surface area contributed by atoms with Gasteiger partial charge in [0.15, 0.2) is 11.4 Å². The van der Waals surface area contributed by atoms with Crippen LogP contribution < -0.4 is 4.90 Å². The predicted molar refractivity (Wildman–Crippen MR) is 86.8 cm³/mol. The molecule has 0 aliphatic carbocycles. The van der Waals surface area contributed by atoms with Crippen LogP contribution in [0.5, 0.6) is 0 Å². The SMILES string of the molecule is CN1C(=O)[C@@](O)(CC(=O)c2cccc(Br)c2)c2ccccc21. The van der Waals surface area contributed by atoms with Gasteiger partial charge in [0.1, 0.15) is 0 Å². The molecule has 0 saturated heterocycles. The van der Waals surface area contributed by atoms with Crippen LogP contribution in [0.15, 0.2) is 53.0 Å². The van der Waals surface area contributed by atoms with Crippen molar-refractivity contribution in [1.29, 1.82) is 0 Å². The molecule has 3 rings (SSSR count). The molecule has 1 heterocycles. The molecule has 1 N–H and O–H groups in total. The van der Waals surface area contributed by atoms with Crippen molar-refractivity contribution in [3.63, 3.8) is 0 Å². The number of para-hydroxylation sites is 1. The van der Waals surface area contributed by atoms with E-state index in [-0.39, 0.29) is 12.2 Å². The third-order valence-electron chi connectivity index (χ3n) is 3.93. The van der Waals surface area contributed by atoms with E-state index in [4.69, 9.17) is 0 Å². The molecule has 1 atom stereocenters. The number of aliphatic hydroxyl groups is 1. The first-order chi connectivity index (χ1) is 10.4. The summed E-state index contributed by atoms with van der Waals surface area (Å²) in [7, 11) is 1.60. The van der Waals surface area contributed by atoms with Gasteiger partial charge in [0.2, 0.25) is 0 Å². The normalized spacial score (nSPS) is 20.1. The number of nitrogens with zero attached hydrogens (tertiary/aromatic N) is 1. The van der Waals surface area contributed by atoms with Crippen LogP contribution in [0, 0.1) is 0 Å². The van der Waals surface area contributed by atoms with Crippen LogP contribution in [0.3, 0.4) is 0 Å². The molecule has 4 nitrogen and oxygen atoms in total. The molecule has 0 unspecified atom stereocenters. The fourth-order valence-electron chi connectivity index (χ4n) is 2.79. The van der Waals surface area contributed by atoms with Crippen molar-refractivity contribution >= 4 is 33.3 Å². The average molecular weight is 360 g/mol. The first-order valence-electron chi connectivity index (χ1n) is 6.82. The summed E-state index contributed by atoms with van der Waals surface area (Å²) < 4.78 is 0.778. The lowest BCUT2D eigenvalue weighted by Gasteiger charge is -2.21. The van der Waals surface area contributed by atoms with Gasteiger partial charge in [0.25, 0.3) is 5.91 Å². The standard InChI is InChI=1S/C17H14BrNO3/c1-19-14-8-3-2-7-13(14)17(22,16(19)21)10-15(20)11-5-4-6-12(18)9-11/h2-9,22H,10H2,1H3/t17-/m1/s1. The summed E-state index contributed by atoms with van der Waals surface area (Å²) in [5, 5.41) is 10.9. The Balaban J connectivity index is 1.98. The molecule has 112 valence electrons. The van der Waals surface area contributed by atoms with E-state index in [1.54, 1.807) is 49.5 Å². The lowest BCUT2D eigenvalue weighted by molar-refractivity contribution is -0.135. The number of fused-ring (bicyclic) bond motifs is 1. The Labute approximate surface area is 136 Å². The minimum atomic E-state index is -1.80. The zero-order chi connectivity index (χ0) is 15.9. The Morgan fingerprint density at radius 3 is 2.68 bits per heavy atom. The molecule has 0 fully saturated rings. The van der Waals surface area contributed by atoms with E-state index in [1.165, 1.54) is 4.90 Å². The Hall–Kier alpha value is -1.98. The van der Waals surface area contributed by atoms with Crippen LogP contribution in [0.4, 0.5) is 5.69 Å². The molecule has 0 radical (unpaired) electrons. The van der Waals surface area contributed by atoms with Crippen LogP contribution in [-0.2, 0) is 10.4 Å². The summed E-state index contributed by atoms with van der Waals surface area (Å²) >= 11 is 3.31.